The first-order valence-corrected chi connectivity index (χ1v) is 10.8. The predicted octanol–water partition coefficient (Wildman–Crippen LogP) is 1.94. The molecule has 1 aromatic carbocycles. The van der Waals surface area contributed by atoms with Crippen molar-refractivity contribution in [1.82, 2.24) is 14.7 Å². The van der Waals surface area contributed by atoms with Crippen molar-refractivity contribution in [2.45, 2.75) is 25.8 Å². The lowest BCUT2D eigenvalue weighted by Crippen LogP contribution is -2.42. The van der Waals surface area contributed by atoms with Gasteiger partial charge in [0, 0.05) is 50.6 Å². The summed E-state index contributed by atoms with van der Waals surface area (Å²) in [5, 5.41) is 0. The summed E-state index contributed by atoms with van der Waals surface area (Å²) in [4.78, 5) is 32.2. The summed E-state index contributed by atoms with van der Waals surface area (Å²) in [7, 11) is 3.87. The van der Waals surface area contributed by atoms with E-state index >= 15 is 0 Å². The first-order valence-electron chi connectivity index (χ1n) is 10.8. The molecule has 0 aromatic heterocycles. The average molecular weight is 400 g/mol. The number of likely N-dealkylation sites (N-methyl/N-ethyl adjacent to an activating group) is 1. The number of rotatable bonds is 4. The Hall–Kier alpha value is -1.92. The quantitative estimate of drug-likeness (QED) is 0.777. The third kappa shape index (κ3) is 4.05. The van der Waals surface area contributed by atoms with Gasteiger partial charge in [-0.05, 0) is 45.0 Å². The zero-order valence-electron chi connectivity index (χ0n) is 17.8. The van der Waals surface area contributed by atoms with Crippen molar-refractivity contribution in [3.63, 3.8) is 0 Å². The molecule has 0 radical (unpaired) electrons. The van der Waals surface area contributed by atoms with Crippen molar-refractivity contribution in [3.8, 4) is 0 Å². The van der Waals surface area contributed by atoms with Gasteiger partial charge in [-0.3, -0.25) is 9.59 Å². The van der Waals surface area contributed by atoms with Crippen molar-refractivity contribution in [2.24, 2.45) is 17.8 Å². The Kier molecular flexibility index (Phi) is 5.93. The van der Waals surface area contributed by atoms with Crippen LogP contribution in [0.5, 0.6) is 0 Å². The predicted molar refractivity (Wildman–Crippen MR) is 111 cm³/mol. The van der Waals surface area contributed by atoms with Gasteiger partial charge >= 0.3 is 0 Å². The van der Waals surface area contributed by atoms with E-state index in [0.29, 0.717) is 31.6 Å². The van der Waals surface area contributed by atoms with Gasteiger partial charge in [-0.1, -0.05) is 24.3 Å². The molecule has 0 bridgehead atoms. The van der Waals surface area contributed by atoms with Crippen molar-refractivity contribution in [1.29, 1.82) is 0 Å². The first-order chi connectivity index (χ1) is 14.0. The van der Waals surface area contributed by atoms with Gasteiger partial charge in [0.25, 0.3) is 0 Å². The van der Waals surface area contributed by atoms with E-state index in [1.807, 2.05) is 25.1 Å². The fourth-order valence-electron chi connectivity index (χ4n) is 5.36. The Bertz CT molecular complexity index is 759. The van der Waals surface area contributed by atoms with Crippen LogP contribution in [-0.4, -0.2) is 80.0 Å². The van der Waals surface area contributed by atoms with Gasteiger partial charge in [0.15, 0.2) is 0 Å². The highest BCUT2D eigenvalue weighted by atomic mass is 16.5. The number of benzene rings is 1. The van der Waals surface area contributed by atoms with Crippen LogP contribution in [0.2, 0.25) is 0 Å². The Balaban J connectivity index is 1.56. The molecule has 0 saturated carbocycles. The van der Waals surface area contributed by atoms with Crippen LogP contribution in [0.4, 0.5) is 0 Å². The van der Waals surface area contributed by atoms with Crippen LogP contribution in [0.25, 0.3) is 0 Å². The van der Waals surface area contributed by atoms with Crippen LogP contribution >= 0.6 is 0 Å². The highest BCUT2D eigenvalue weighted by Crippen LogP contribution is 2.46. The lowest BCUT2D eigenvalue weighted by Gasteiger charge is -2.32. The molecule has 0 spiro atoms. The van der Waals surface area contributed by atoms with Gasteiger partial charge in [0.1, 0.15) is 0 Å². The number of hydrogen-bond acceptors (Lipinski definition) is 4. The van der Waals surface area contributed by atoms with E-state index in [1.165, 1.54) is 11.1 Å². The third-order valence-electron chi connectivity index (χ3n) is 6.83. The molecule has 3 atom stereocenters. The Labute approximate surface area is 173 Å². The van der Waals surface area contributed by atoms with E-state index in [4.69, 9.17) is 4.74 Å². The summed E-state index contributed by atoms with van der Waals surface area (Å²) in [6, 6.07) is 8.44. The second-order valence-electron chi connectivity index (χ2n) is 9.14. The van der Waals surface area contributed by atoms with Crippen LogP contribution in [-0.2, 0) is 14.3 Å². The minimum atomic E-state index is 0.0566. The molecule has 4 rings (SSSR count). The molecule has 3 saturated heterocycles. The van der Waals surface area contributed by atoms with E-state index in [1.54, 1.807) is 0 Å². The van der Waals surface area contributed by atoms with Crippen molar-refractivity contribution < 1.29 is 14.3 Å². The lowest BCUT2D eigenvalue weighted by molar-refractivity contribution is -0.138. The van der Waals surface area contributed by atoms with E-state index in [0.717, 1.165) is 32.5 Å². The molecule has 29 heavy (non-hydrogen) atoms. The molecule has 3 aliphatic rings. The SMILES string of the molecule is Cc1ccccc1[C@H]1[C@@H]2CN(C(=O)C3CCOCC3)C[C@@H]2CN1C(=O)CN(C)C. The van der Waals surface area contributed by atoms with Crippen LogP contribution < -0.4 is 0 Å². The van der Waals surface area contributed by atoms with E-state index < -0.39 is 0 Å². The molecule has 6 heteroatoms. The maximum Gasteiger partial charge on any atom is 0.237 e. The fourth-order valence-corrected chi connectivity index (χ4v) is 5.36. The molecule has 3 heterocycles. The van der Waals surface area contributed by atoms with Gasteiger partial charge in [-0.25, -0.2) is 0 Å². The highest BCUT2D eigenvalue weighted by molar-refractivity contribution is 5.81. The summed E-state index contributed by atoms with van der Waals surface area (Å²) >= 11 is 0. The number of carbonyl (C=O) groups is 2. The second-order valence-corrected chi connectivity index (χ2v) is 9.14. The van der Waals surface area contributed by atoms with Crippen molar-refractivity contribution >= 4 is 11.8 Å². The number of carbonyl (C=O) groups excluding carboxylic acids is 2. The number of nitrogens with zero attached hydrogens (tertiary/aromatic N) is 3. The highest BCUT2D eigenvalue weighted by Gasteiger charge is 2.50. The molecule has 1 aromatic rings. The van der Waals surface area contributed by atoms with Gasteiger partial charge in [0.2, 0.25) is 11.8 Å². The Morgan fingerprint density at radius 2 is 1.83 bits per heavy atom. The van der Waals surface area contributed by atoms with Crippen LogP contribution in [0.1, 0.15) is 30.0 Å². The van der Waals surface area contributed by atoms with Crippen molar-refractivity contribution in [2.75, 3.05) is 53.5 Å². The summed E-state index contributed by atoms with van der Waals surface area (Å²) in [5.74, 6) is 1.24. The Morgan fingerprint density at radius 3 is 2.52 bits per heavy atom. The maximum atomic E-state index is 13.1. The summed E-state index contributed by atoms with van der Waals surface area (Å²) < 4.78 is 5.43. The summed E-state index contributed by atoms with van der Waals surface area (Å²) in [6.45, 7) is 6.20. The van der Waals surface area contributed by atoms with E-state index in [9.17, 15) is 9.59 Å². The zero-order chi connectivity index (χ0) is 20.5. The molecule has 0 aliphatic carbocycles. The average Bonchev–Trinajstić information content (AvgIpc) is 3.26. The lowest BCUT2D eigenvalue weighted by atomic mass is 9.87. The summed E-state index contributed by atoms with van der Waals surface area (Å²) in [5.41, 5.74) is 2.45. The fraction of sp³-hybridized carbons (Fsp3) is 0.652. The molecule has 0 unspecified atom stereocenters. The topological polar surface area (TPSA) is 53.1 Å². The molecule has 2 amide bonds. The molecule has 158 valence electrons. The number of aryl methyl sites for hydroxylation is 1. The number of amides is 2. The molecular formula is C23H33N3O3. The van der Waals surface area contributed by atoms with Crippen molar-refractivity contribution in [3.05, 3.63) is 35.4 Å². The molecule has 3 aliphatic heterocycles. The van der Waals surface area contributed by atoms with Gasteiger partial charge < -0.3 is 19.4 Å². The maximum absolute atomic E-state index is 13.1. The minimum absolute atomic E-state index is 0.0566. The van der Waals surface area contributed by atoms with E-state index in [-0.39, 0.29) is 23.8 Å². The molecule has 6 nitrogen and oxygen atoms in total. The second kappa shape index (κ2) is 8.44. The minimum Gasteiger partial charge on any atom is -0.381 e. The number of likely N-dealkylation sites (tertiary alicyclic amines) is 2. The number of hydrogen-bond donors (Lipinski definition) is 0. The molecule has 3 fully saturated rings. The number of fused-ring (bicyclic) bond motifs is 1. The normalized spacial score (nSPS) is 27.5. The van der Waals surface area contributed by atoms with Crippen LogP contribution in [0.15, 0.2) is 24.3 Å². The molecular weight excluding hydrogens is 366 g/mol. The van der Waals surface area contributed by atoms with Gasteiger partial charge in [0.05, 0.1) is 12.6 Å². The zero-order valence-corrected chi connectivity index (χ0v) is 17.8. The van der Waals surface area contributed by atoms with E-state index in [2.05, 4.69) is 34.9 Å². The van der Waals surface area contributed by atoms with Crippen LogP contribution in [0.3, 0.4) is 0 Å². The monoisotopic (exact) mass is 399 g/mol. The largest absolute Gasteiger partial charge is 0.381 e. The summed E-state index contributed by atoms with van der Waals surface area (Å²) in [6.07, 6.45) is 1.67. The smallest absolute Gasteiger partial charge is 0.237 e. The third-order valence-corrected chi connectivity index (χ3v) is 6.83. The van der Waals surface area contributed by atoms with Crippen LogP contribution in [0, 0.1) is 24.7 Å². The molecule has 0 N–H and O–H groups in total. The standard InChI is InChI=1S/C23H33N3O3/c1-16-6-4-5-7-19(16)22-20-14-25(23(28)17-8-10-29-11-9-17)12-18(20)13-26(22)21(27)15-24(2)3/h4-7,17-18,20,22H,8-15H2,1-3H3/t18-,20-,22+/m1/s1. The number of ether oxygens (including phenoxy) is 1. The van der Waals surface area contributed by atoms with Gasteiger partial charge in [-0.2, -0.15) is 0 Å². The Morgan fingerprint density at radius 1 is 1.10 bits per heavy atom. The first kappa shape index (κ1) is 20.4. The van der Waals surface area contributed by atoms with Gasteiger partial charge in [-0.15, -0.1) is 0 Å².